The third kappa shape index (κ3) is 6.43. The number of carbonyl (C=O) groups is 1. The normalized spacial score (nSPS) is 12.2. The zero-order chi connectivity index (χ0) is 15.4. The molecule has 112 valence electrons. The molecular formula is C14H20O4S2. The number of hydrogen-bond donors (Lipinski definition) is 0. The van der Waals surface area contributed by atoms with E-state index >= 15 is 0 Å². The zero-order valence-electron chi connectivity index (χ0n) is 12.2. The Hall–Kier alpha value is -1.01. The van der Waals surface area contributed by atoms with Crippen molar-refractivity contribution in [2.45, 2.75) is 42.6 Å². The second-order valence-electron chi connectivity index (χ2n) is 5.43. The summed E-state index contributed by atoms with van der Waals surface area (Å²) < 4.78 is 27.8. The topological polar surface area (TPSA) is 60.4 Å². The van der Waals surface area contributed by atoms with Crippen LogP contribution in [0.1, 0.15) is 27.2 Å². The van der Waals surface area contributed by atoms with Crippen LogP contribution >= 0.6 is 11.8 Å². The zero-order valence-corrected chi connectivity index (χ0v) is 13.8. The van der Waals surface area contributed by atoms with E-state index in [2.05, 4.69) is 0 Å². The summed E-state index contributed by atoms with van der Waals surface area (Å²) in [6.07, 6.45) is 1.51. The number of esters is 1. The van der Waals surface area contributed by atoms with Crippen molar-refractivity contribution in [2.75, 3.05) is 12.0 Å². The van der Waals surface area contributed by atoms with E-state index in [0.29, 0.717) is 17.1 Å². The first kappa shape index (κ1) is 17.0. The number of thioether (sulfide) groups is 1. The fourth-order valence-electron chi connectivity index (χ4n) is 1.43. The molecule has 0 unspecified atom stereocenters. The van der Waals surface area contributed by atoms with Gasteiger partial charge < -0.3 is 4.74 Å². The van der Waals surface area contributed by atoms with Crippen molar-refractivity contribution in [1.29, 1.82) is 0 Å². The Labute approximate surface area is 124 Å². The Kier molecular flexibility index (Phi) is 5.65. The van der Waals surface area contributed by atoms with Gasteiger partial charge >= 0.3 is 5.97 Å². The van der Waals surface area contributed by atoms with E-state index in [1.165, 1.54) is 18.0 Å². The molecule has 0 aliphatic rings. The summed E-state index contributed by atoms with van der Waals surface area (Å²) in [6.45, 7) is 5.51. The molecule has 0 spiro atoms. The van der Waals surface area contributed by atoms with Crippen LogP contribution in [0.5, 0.6) is 0 Å². The van der Waals surface area contributed by atoms with Gasteiger partial charge in [0.15, 0.2) is 9.84 Å². The van der Waals surface area contributed by atoms with Gasteiger partial charge in [-0.2, -0.15) is 0 Å². The highest BCUT2D eigenvalue weighted by molar-refractivity contribution is 7.99. The summed E-state index contributed by atoms with van der Waals surface area (Å²) in [7, 11) is -3.16. The molecule has 20 heavy (non-hydrogen) atoms. The third-order valence-electron chi connectivity index (χ3n) is 2.25. The summed E-state index contributed by atoms with van der Waals surface area (Å²) in [5, 5.41) is 0. The first-order valence-corrected chi connectivity index (χ1v) is 9.10. The molecule has 0 fully saturated rings. The van der Waals surface area contributed by atoms with Crippen molar-refractivity contribution in [3.8, 4) is 0 Å². The number of rotatable bonds is 5. The van der Waals surface area contributed by atoms with Crippen LogP contribution in [0.2, 0.25) is 0 Å². The van der Waals surface area contributed by atoms with Crippen molar-refractivity contribution in [1.82, 2.24) is 0 Å². The maximum absolute atomic E-state index is 11.5. The number of hydrogen-bond acceptors (Lipinski definition) is 5. The lowest BCUT2D eigenvalue weighted by Crippen LogP contribution is -2.23. The SMILES string of the molecule is CC(C)(C)OC(=O)CCSc1ccc(S(C)(=O)=O)cc1. The van der Waals surface area contributed by atoms with Gasteiger partial charge in [-0.25, -0.2) is 8.42 Å². The molecule has 0 aliphatic carbocycles. The van der Waals surface area contributed by atoms with Crippen LogP contribution in [0.4, 0.5) is 0 Å². The lowest BCUT2D eigenvalue weighted by Gasteiger charge is -2.19. The number of benzene rings is 1. The predicted octanol–water partition coefficient (Wildman–Crippen LogP) is 2.91. The van der Waals surface area contributed by atoms with Gasteiger partial charge in [-0.05, 0) is 45.0 Å². The summed E-state index contributed by atoms with van der Waals surface area (Å²) in [5.74, 6) is 0.380. The van der Waals surface area contributed by atoms with Crippen LogP contribution < -0.4 is 0 Å². The largest absolute Gasteiger partial charge is 0.460 e. The molecule has 0 saturated heterocycles. The average Bonchev–Trinajstić information content (AvgIpc) is 2.26. The Balaban J connectivity index is 2.45. The Bertz CT molecular complexity index is 554. The van der Waals surface area contributed by atoms with E-state index in [1.807, 2.05) is 20.8 Å². The van der Waals surface area contributed by atoms with Crippen LogP contribution in [0.15, 0.2) is 34.1 Å². The van der Waals surface area contributed by atoms with Gasteiger partial charge in [-0.15, -0.1) is 11.8 Å². The maximum Gasteiger partial charge on any atom is 0.307 e. The first-order chi connectivity index (χ1) is 9.08. The molecule has 0 N–H and O–H groups in total. The molecule has 0 heterocycles. The highest BCUT2D eigenvalue weighted by atomic mass is 32.2. The van der Waals surface area contributed by atoms with Gasteiger partial charge in [0.25, 0.3) is 0 Å². The predicted molar refractivity (Wildman–Crippen MR) is 80.7 cm³/mol. The number of ether oxygens (including phenoxy) is 1. The highest BCUT2D eigenvalue weighted by Crippen LogP contribution is 2.21. The molecule has 0 bridgehead atoms. The molecule has 0 aliphatic heterocycles. The van der Waals surface area contributed by atoms with Gasteiger partial charge in [0, 0.05) is 16.9 Å². The van der Waals surface area contributed by atoms with Crippen molar-refractivity contribution in [3.63, 3.8) is 0 Å². The van der Waals surface area contributed by atoms with Gasteiger partial charge in [0.1, 0.15) is 5.60 Å². The van der Waals surface area contributed by atoms with Gasteiger partial charge in [0.05, 0.1) is 11.3 Å². The molecule has 0 radical (unpaired) electrons. The number of sulfone groups is 1. The molecule has 0 atom stereocenters. The van der Waals surface area contributed by atoms with Gasteiger partial charge in [-0.3, -0.25) is 4.79 Å². The standard InChI is InChI=1S/C14H20O4S2/c1-14(2,3)18-13(15)9-10-19-11-5-7-12(8-6-11)20(4,16)17/h5-8H,9-10H2,1-4H3. The molecule has 6 heteroatoms. The van der Waals surface area contributed by atoms with Crippen LogP contribution in [0.3, 0.4) is 0 Å². The quantitative estimate of drug-likeness (QED) is 0.617. The van der Waals surface area contributed by atoms with E-state index in [1.54, 1.807) is 24.3 Å². The molecule has 0 aromatic heterocycles. The lowest BCUT2D eigenvalue weighted by atomic mass is 10.2. The summed E-state index contributed by atoms with van der Waals surface area (Å²) in [4.78, 5) is 12.8. The van der Waals surface area contributed by atoms with Gasteiger partial charge in [0.2, 0.25) is 0 Å². The van der Waals surface area contributed by atoms with E-state index < -0.39 is 15.4 Å². The van der Waals surface area contributed by atoms with Gasteiger partial charge in [-0.1, -0.05) is 0 Å². The van der Waals surface area contributed by atoms with E-state index in [4.69, 9.17) is 4.74 Å². The Morgan fingerprint density at radius 3 is 2.20 bits per heavy atom. The van der Waals surface area contributed by atoms with Crippen molar-refractivity contribution in [3.05, 3.63) is 24.3 Å². The second kappa shape index (κ2) is 6.63. The van der Waals surface area contributed by atoms with Crippen molar-refractivity contribution >= 4 is 27.6 Å². The molecular weight excluding hydrogens is 296 g/mol. The highest BCUT2D eigenvalue weighted by Gasteiger charge is 2.15. The summed E-state index contributed by atoms with van der Waals surface area (Å²) in [6, 6.07) is 6.64. The molecule has 4 nitrogen and oxygen atoms in total. The van der Waals surface area contributed by atoms with E-state index in [9.17, 15) is 13.2 Å². The molecule has 0 saturated carbocycles. The minimum absolute atomic E-state index is 0.224. The first-order valence-electron chi connectivity index (χ1n) is 6.23. The summed E-state index contributed by atoms with van der Waals surface area (Å²) in [5.41, 5.74) is -0.459. The second-order valence-corrected chi connectivity index (χ2v) is 8.61. The molecule has 1 aromatic rings. The third-order valence-corrected chi connectivity index (χ3v) is 4.39. The minimum atomic E-state index is -3.16. The molecule has 1 rings (SSSR count). The van der Waals surface area contributed by atoms with E-state index in [0.717, 1.165) is 4.90 Å². The molecule has 1 aromatic carbocycles. The smallest absolute Gasteiger partial charge is 0.307 e. The van der Waals surface area contributed by atoms with Crippen LogP contribution in [-0.2, 0) is 19.4 Å². The minimum Gasteiger partial charge on any atom is -0.460 e. The van der Waals surface area contributed by atoms with Crippen molar-refractivity contribution < 1.29 is 17.9 Å². The van der Waals surface area contributed by atoms with E-state index in [-0.39, 0.29) is 5.97 Å². The fourth-order valence-corrected chi connectivity index (χ4v) is 2.89. The fraction of sp³-hybridized carbons (Fsp3) is 0.500. The Morgan fingerprint density at radius 2 is 1.75 bits per heavy atom. The lowest BCUT2D eigenvalue weighted by molar-refractivity contribution is -0.154. The Morgan fingerprint density at radius 1 is 1.20 bits per heavy atom. The maximum atomic E-state index is 11.5. The average molecular weight is 316 g/mol. The molecule has 0 amide bonds. The van der Waals surface area contributed by atoms with Crippen LogP contribution in [0.25, 0.3) is 0 Å². The number of carbonyl (C=O) groups excluding carboxylic acids is 1. The van der Waals surface area contributed by atoms with Crippen LogP contribution in [0, 0.1) is 0 Å². The monoisotopic (exact) mass is 316 g/mol. The van der Waals surface area contributed by atoms with Crippen LogP contribution in [-0.4, -0.2) is 32.0 Å². The summed E-state index contributed by atoms with van der Waals surface area (Å²) >= 11 is 1.50. The van der Waals surface area contributed by atoms with Crippen molar-refractivity contribution in [2.24, 2.45) is 0 Å².